The fourth-order valence-corrected chi connectivity index (χ4v) is 3.33. The molecule has 1 unspecified atom stereocenters. The molecule has 3 heteroatoms. The number of thioether (sulfide) groups is 1. The zero-order valence-electron chi connectivity index (χ0n) is 9.95. The van der Waals surface area contributed by atoms with Crippen LogP contribution in [0.3, 0.4) is 0 Å². The number of hydrogen-bond donors (Lipinski definition) is 1. The van der Waals surface area contributed by atoms with Gasteiger partial charge >= 0.3 is 0 Å². The summed E-state index contributed by atoms with van der Waals surface area (Å²) in [5, 5.41) is 3.62. The van der Waals surface area contributed by atoms with Crippen LogP contribution in [0.1, 0.15) is 25.5 Å². The van der Waals surface area contributed by atoms with E-state index in [1.165, 1.54) is 30.9 Å². The van der Waals surface area contributed by atoms with Crippen LogP contribution >= 0.6 is 11.8 Å². The minimum absolute atomic E-state index is 0.515. The molecule has 16 heavy (non-hydrogen) atoms. The first-order valence-electron chi connectivity index (χ1n) is 6.18. The van der Waals surface area contributed by atoms with Gasteiger partial charge in [0.25, 0.3) is 0 Å². The predicted octanol–water partition coefficient (Wildman–Crippen LogP) is 2.94. The van der Waals surface area contributed by atoms with Crippen molar-refractivity contribution in [1.82, 2.24) is 5.32 Å². The van der Waals surface area contributed by atoms with E-state index >= 15 is 0 Å². The van der Waals surface area contributed by atoms with E-state index in [0.29, 0.717) is 6.04 Å². The molecule has 2 nitrogen and oxygen atoms in total. The molecule has 1 atom stereocenters. The minimum atomic E-state index is 0.515. The maximum atomic E-state index is 5.35. The van der Waals surface area contributed by atoms with E-state index in [0.717, 1.165) is 18.1 Å². The van der Waals surface area contributed by atoms with Crippen molar-refractivity contribution in [3.05, 3.63) is 24.2 Å². The highest BCUT2D eigenvalue weighted by molar-refractivity contribution is 7.99. The van der Waals surface area contributed by atoms with Gasteiger partial charge in [-0.05, 0) is 55.9 Å². The first kappa shape index (κ1) is 12.1. The van der Waals surface area contributed by atoms with Gasteiger partial charge in [-0.15, -0.1) is 0 Å². The second kappa shape index (κ2) is 6.36. The van der Waals surface area contributed by atoms with Crippen molar-refractivity contribution in [3.63, 3.8) is 0 Å². The molecule has 0 bridgehead atoms. The Labute approximate surface area is 102 Å². The van der Waals surface area contributed by atoms with Crippen molar-refractivity contribution in [3.8, 4) is 0 Å². The minimum Gasteiger partial charge on any atom is -0.469 e. The Morgan fingerprint density at radius 3 is 3.00 bits per heavy atom. The molecule has 2 rings (SSSR count). The summed E-state index contributed by atoms with van der Waals surface area (Å²) >= 11 is 2.09. The van der Waals surface area contributed by atoms with Gasteiger partial charge in [0.05, 0.1) is 6.26 Å². The summed E-state index contributed by atoms with van der Waals surface area (Å²) in [7, 11) is 0. The number of hydrogen-bond acceptors (Lipinski definition) is 3. The molecular weight excluding hydrogens is 218 g/mol. The molecule has 0 aromatic carbocycles. The van der Waals surface area contributed by atoms with Crippen molar-refractivity contribution in [2.24, 2.45) is 5.92 Å². The van der Waals surface area contributed by atoms with Crippen LogP contribution in [0.2, 0.25) is 0 Å². The van der Waals surface area contributed by atoms with Crippen molar-refractivity contribution < 1.29 is 4.42 Å². The molecule has 1 aromatic heterocycles. The highest BCUT2D eigenvalue weighted by Gasteiger charge is 2.14. The molecule has 0 amide bonds. The van der Waals surface area contributed by atoms with Crippen LogP contribution in [0, 0.1) is 5.92 Å². The Morgan fingerprint density at radius 2 is 2.31 bits per heavy atom. The SMILES string of the molecule is CC(Cc1ccco1)NCC1CCSCC1. The van der Waals surface area contributed by atoms with E-state index in [4.69, 9.17) is 4.42 Å². The highest BCUT2D eigenvalue weighted by Crippen LogP contribution is 2.22. The fourth-order valence-electron chi connectivity index (χ4n) is 2.12. The van der Waals surface area contributed by atoms with Crippen molar-refractivity contribution in [2.45, 2.75) is 32.2 Å². The maximum Gasteiger partial charge on any atom is 0.105 e. The molecule has 2 heterocycles. The second-order valence-corrected chi connectivity index (χ2v) is 5.87. The molecule has 0 aliphatic carbocycles. The van der Waals surface area contributed by atoms with Gasteiger partial charge in [-0.1, -0.05) is 0 Å². The predicted molar refractivity (Wildman–Crippen MR) is 69.9 cm³/mol. The Bertz CT molecular complexity index is 280. The molecule has 90 valence electrons. The molecule has 0 spiro atoms. The molecule has 1 aromatic rings. The zero-order chi connectivity index (χ0) is 11.2. The van der Waals surface area contributed by atoms with Gasteiger partial charge in [-0.2, -0.15) is 11.8 Å². The zero-order valence-corrected chi connectivity index (χ0v) is 10.8. The maximum absolute atomic E-state index is 5.35. The lowest BCUT2D eigenvalue weighted by atomic mass is 10.0. The summed E-state index contributed by atoms with van der Waals surface area (Å²) in [6.07, 6.45) is 5.51. The van der Waals surface area contributed by atoms with Crippen molar-refractivity contribution in [1.29, 1.82) is 0 Å². The lowest BCUT2D eigenvalue weighted by Gasteiger charge is -2.23. The second-order valence-electron chi connectivity index (χ2n) is 4.65. The van der Waals surface area contributed by atoms with E-state index < -0.39 is 0 Å². The first-order valence-corrected chi connectivity index (χ1v) is 7.33. The summed E-state index contributed by atoms with van der Waals surface area (Å²) < 4.78 is 5.35. The van der Waals surface area contributed by atoms with Crippen LogP contribution in [0.25, 0.3) is 0 Å². The first-order chi connectivity index (χ1) is 7.84. The van der Waals surface area contributed by atoms with E-state index in [1.54, 1.807) is 6.26 Å². The van der Waals surface area contributed by atoms with E-state index in [2.05, 4.69) is 30.1 Å². The largest absolute Gasteiger partial charge is 0.469 e. The highest BCUT2D eigenvalue weighted by atomic mass is 32.2. The average Bonchev–Trinajstić information content (AvgIpc) is 2.81. The lowest BCUT2D eigenvalue weighted by Crippen LogP contribution is -2.33. The fraction of sp³-hybridized carbons (Fsp3) is 0.692. The Kier molecular flexibility index (Phi) is 4.79. The molecule has 0 radical (unpaired) electrons. The third-order valence-electron chi connectivity index (χ3n) is 3.18. The Hall–Kier alpha value is -0.410. The number of nitrogens with one attached hydrogen (secondary N) is 1. The van der Waals surface area contributed by atoms with Gasteiger partial charge in [-0.3, -0.25) is 0 Å². The van der Waals surface area contributed by atoms with E-state index in [-0.39, 0.29) is 0 Å². The quantitative estimate of drug-likeness (QED) is 0.855. The Balaban J connectivity index is 1.65. The summed E-state index contributed by atoms with van der Waals surface area (Å²) in [6, 6.07) is 4.52. The molecular formula is C13H21NOS. The molecule has 1 N–H and O–H groups in total. The lowest BCUT2D eigenvalue weighted by molar-refractivity contribution is 0.398. The van der Waals surface area contributed by atoms with Crippen LogP contribution < -0.4 is 5.32 Å². The standard InChI is InChI=1S/C13H21NOS/c1-11(9-13-3-2-6-15-13)14-10-12-4-7-16-8-5-12/h2-3,6,11-12,14H,4-5,7-10H2,1H3. The van der Waals surface area contributed by atoms with Crippen LogP contribution in [-0.4, -0.2) is 24.1 Å². The van der Waals surface area contributed by atoms with Gasteiger partial charge in [0.1, 0.15) is 5.76 Å². The van der Waals surface area contributed by atoms with Crippen LogP contribution in [0.5, 0.6) is 0 Å². The summed E-state index contributed by atoms with van der Waals surface area (Å²) in [4.78, 5) is 0. The van der Waals surface area contributed by atoms with Crippen LogP contribution in [-0.2, 0) is 6.42 Å². The number of furan rings is 1. The van der Waals surface area contributed by atoms with Gasteiger partial charge in [0.2, 0.25) is 0 Å². The molecule has 1 fully saturated rings. The van der Waals surface area contributed by atoms with E-state index in [1.807, 2.05) is 6.07 Å². The third kappa shape index (κ3) is 3.87. The van der Waals surface area contributed by atoms with E-state index in [9.17, 15) is 0 Å². The molecule has 1 aliphatic rings. The summed E-state index contributed by atoms with van der Waals surface area (Å²) in [5.41, 5.74) is 0. The topological polar surface area (TPSA) is 25.2 Å². The average molecular weight is 239 g/mol. The van der Waals surface area contributed by atoms with Crippen molar-refractivity contribution in [2.75, 3.05) is 18.1 Å². The molecule has 1 saturated heterocycles. The van der Waals surface area contributed by atoms with Gasteiger partial charge in [0, 0.05) is 12.5 Å². The monoisotopic (exact) mass is 239 g/mol. The van der Waals surface area contributed by atoms with Gasteiger partial charge in [0.15, 0.2) is 0 Å². The smallest absolute Gasteiger partial charge is 0.105 e. The third-order valence-corrected chi connectivity index (χ3v) is 4.23. The normalized spacial score (nSPS) is 19.8. The summed E-state index contributed by atoms with van der Waals surface area (Å²) in [6.45, 7) is 3.41. The van der Waals surface area contributed by atoms with Gasteiger partial charge in [-0.25, -0.2) is 0 Å². The summed E-state index contributed by atoms with van der Waals surface area (Å²) in [5.74, 6) is 4.66. The van der Waals surface area contributed by atoms with Gasteiger partial charge < -0.3 is 9.73 Å². The number of rotatable bonds is 5. The van der Waals surface area contributed by atoms with Crippen LogP contribution in [0.15, 0.2) is 22.8 Å². The molecule has 0 saturated carbocycles. The van der Waals surface area contributed by atoms with Crippen molar-refractivity contribution >= 4 is 11.8 Å². The van der Waals surface area contributed by atoms with Crippen LogP contribution in [0.4, 0.5) is 0 Å². The molecule has 1 aliphatic heterocycles. The Morgan fingerprint density at radius 1 is 1.50 bits per heavy atom.